The first kappa shape index (κ1) is 14.2. The Hall–Kier alpha value is -0.700. The molecule has 1 aromatic rings. The van der Waals surface area contributed by atoms with Gasteiger partial charge in [0.15, 0.2) is 0 Å². The van der Waals surface area contributed by atoms with Crippen LogP contribution < -0.4 is 5.32 Å². The van der Waals surface area contributed by atoms with Crippen LogP contribution in [0, 0.1) is 0 Å². The Morgan fingerprint density at radius 2 is 2.00 bits per heavy atom. The fourth-order valence-electron chi connectivity index (χ4n) is 2.11. The molecule has 0 aromatic carbocycles. The summed E-state index contributed by atoms with van der Waals surface area (Å²) in [6, 6.07) is 3.76. The molecule has 0 spiro atoms. The molecule has 2 aliphatic rings. The standard InChI is InChI=1S/C12H18N2O4S2/c15-19-7-5-14(6-8-19)20(16,17)12-4-3-11(18-12)9-13-10-1-2-10/h3-4,10,13H,1-2,5-9H2. The minimum Gasteiger partial charge on any atom is -0.447 e. The SMILES string of the molecule is O=S1CCN(S(=O)(=O)c2ccc(CNC3CC3)o2)CC1. The molecular weight excluding hydrogens is 300 g/mol. The molecule has 112 valence electrons. The van der Waals surface area contributed by atoms with Crippen LogP contribution in [0.25, 0.3) is 0 Å². The first-order valence-electron chi connectivity index (χ1n) is 6.73. The molecule has 0 bridgehead atoms. The van der Waals surface area contributed by atoms with Crippen LogP contribution >= 0.6 is 0 Å². The van der Waals surface area contributed by atoms with Crippen LogP contribution in [0.4, 0.5) is 0 Å². The van der Waals surface area contributed by atoms with Crippen molar-refractivity contribution < 1.29 is 17.0 Å². The van der Waals surface area contributed by atoms with Crippen LogP contribution in [0.1, 0.15) is 18.6 Å². The van der Waals surface area contributed by atoms with Crippen LogP contribution in [0.3, 0.4) is 0 Å². The van der Waals surface area contributed by atoms with Crippen molar-refractivity contribution in [3.05, 3.63) is 17.9 Å². The summed E-state index contributed by atoms with van der Waals surface area (Å²) in [5, 5.41) is 3.26. The zero-order valence-corrected chi connectivity index (χ0v) is 12.7. The molecule has 2 heterocycles. The highest BCUT2D eigenvalue weighted by molar-refractivity contribution is 7.89. The Morgan fingerprint density at radius 1 is 1.30 bits per heavy atom. The molecule has 3 rings (SSSR count). The smallest absolute Gasteiger partial charge is 0.276 e. The van der Waals surface area contributed by atoms with Gasteiger partial charge in [-0.25, -0.2) is 8.42 Å². The van der Waals surface area contributed by atoms with Gasteiger partial charge in [-0.3, -0.25) is 4.21 Å². The van der Waals surface area contributed by atoms with Gasteiger partial charge in [-0.1, -0.05) is 0 Å². The minimum atomic E-state index is -3.58. The van der Waals surface area contributed by atoms with E-state index in [-0.39, 0.29) is 5.09 Å². The van der Waals surface area contributed by atoms with Gasteiger partial charge in [-0.05, 0) is 25.0 Å². The van der Waals surface area contributed by atoms with E-state index in [1.807, 2.05) is 0 Å². The number of hydrogen-bond donors (Lipinski definition) is 1. The molecule has 0 radical (unpaired) electrons. The summed E-state index contributed by atoms with van der Waals surface area (Å²) >= 11 is 0. The van der Waals surface area contributed by atoms with Crippen molar-refractivity contribution in [2.24, 2.45) is 0 Å². The molecule has 1 aliphatic heterocycles. The molecule has 0 amide bonds. The van der Waals surface area contributed by atoms with Gasteiger partial charge in [0.05, 0.1) is 6.54 Å². The lowest BCUT2D eigenvalue weighted by atomic mass is 10.4. The van der Waals surface area contributed by atoms with E-state index in [0.29, 0.717) is 42.9 Å². The summed E-state index contributed by atoms with van der Waals surface area (Å²) in [7, 11) is -4.48. The van der Waals surface area contributed by atoms with Gasteiger partial charge < -0.3 is 9.73 Å². The van der Waals surface area contributed by atoms with E-state index in [9.17, 15) is 12.6 Å². The highest BCUT2D eigenvalue weighted by Crippen LogP contribution is 2.22. The van der Waals surface area contributed by atoms with Crippen LogP contribution in [-0.4, -0.2) is 47.6 Å². The van der Waals surface area contributed by atoms with Crippen molar-refractivity contribution in [2.75, 3.05) is 24.6 Å². The minimum absolute atomic E-state index is 0.0159. The quantitative estimate of drug-likeness (QED) is 0.844. The molecule has 1 aliphatic carbocycles. The topological polar surface area (TPSA) is 79.6 Å². The predicted octanol–water partition coefficient (Wildman–Crippen LogP) is 0.285. The summed E-state index contributed by atoms with van der Waals surface area (Å²) in [4.78, 5) is 0. The van der Waals surface area contributed by atoms with Gasteiger partial charge in [-0.15, -0.1) is 0 Å². The summed E-state index contributed by atoms with van der Waals surface area (Å²) in [6.07, 6.45) is 2.35. The highest BCUT2D eigenvalue weighted by Gasteiger charge is 2.30. The van der Waals surface area contributed by atoms with Crippen molar-refractivity contribution in [3.63, 3.8) is 0 Å². The largest absolute Gasteiger partial charge is 0.447 e. The first-order chi connectivity index (χ1) is 9.55. The fourth-order valence-corrected chi connectivity index (χ4v) is 4.77. The van der Waals surface area contributed by atoms with E-state index in [0.717, 1.165) is 0 Å². The van der Waals surface area contributed by atoms with Gasteiger partial charge in [0, 0.05) is 41.4 Å². The molecule has 6 nitrogen and oxygen atoms in total. The molecule has 1 saturated carbocycles. The fraction of sp³-hybridized carbons (Fsp3) is 0.667. The van der Waals surface area contributed by atoms with Crippen molar-refractivity contribution in [1.82, 2.24) is 9.62 Å². The van der Waals surface area contributed by atoms with E-state index < -0.39 is 20.8 Å². The maximum absolute atomic E-state index is 12.4. The second-order valence-electron chi connectivity index (χ2n) is 5.13. The summed E-state index contributed by atoms with van der Waals surface area (Å²) in [5.74, 6) is 1.43. The Morgan fingerprint density at radius 3 is 2.65 bits per heavy atom. The summed E-state index contributed by atoms with van der Waals surface area (Å²) in [5.41, 5.74) is 0. The number of hydrogen-bond acceptors (Lipinski definition) is 5. The summed E-state index contributed by atoms with van der Waals surface area (Å²) in [6.45, 7) is 1.15. The van der Waals surface area contributed by atoms with Gasteiger partial charge >= 0.3 is 0 Å². The Balaban J connectivity index is 1.68. The zero-order valence-electron chi connectivity index (χ0n) is 11.1. The molecule has 2 fully saturated rings. The Labute approximate surface area is 121 Å². The number of rotatable bonds is 5. The maximum atomic E-state index is 12.4. The lowest BCUT2D eigenvalue weighted by molar-refractivity contribution is 0.372. The van der Waals surface area contributed by atoms with Crippen molar-refractivity contribution in [1.29, 1.82) is 0 Å². The summed E-state index contributed by atoms with van der Waals surface area (Å²) < 4.78 is 42.8. The third-order valence-corrected chi connectivity index (χ3v) is 6.56. The van der Waals surface area contributed by atoms with Gasteiger partial charge in [0.1, 0.15) is 5.76 Å². The van der Waals surface area contributed by atoms with E-state index in [2.05, 4.69) is 5.32 Å². The Kier molecular flexibility index (Phi) is 3.98. The normalized spacial score (nSPS) is 22.2. The van der Waals surface area contributed by atoms with E-state index in [4.69, 9.17) is 4.42 Å². The lowest BCUT2D eigenvalue weighted by Crippen LogP contribution is -2.41. The molecule has 1 saturated heterocycles. The second-order valence-corrected chi connectivity index (χ2v) is 8.69. The van der Waals surface area contributed by atoms with Crippen LogP contribution in [-0.2, 0) is 27.4 Å². The van der Waals surface area contributed by atoms with Gasteiger partial charge in [-0.2, -0.15) is 4.31 Å². The number of furan rings is 1. The van der Waals surface area contributed by atoms with Gasteiger partial charge in [0.25, 0.3) is 10.0 Å². The maximum Gasteiger partial charge on any atom is 0.276 e. The predicted molar refractivity (Wildman–Crippen MR) is 75.2 cm³/mol. The molecule has 0 unspecified atom stereocenters. The van der Waals surface area contributed by atoms with Crippen LogP contribution in [0.15, 0.2) is 21.6 Å². The van der Waals surface area contributed by atoms with Crippen molar-refractivity contribution >= 4 is 20.8 Å². The molecule has 20 heavy (non-hydrogen) atoms. The second kappa shape index (κ2) is 5.59. The van der Waals surface area contributed by atoms with E-state index >= 15 is 0 Å². The van der Waals surface area contributed by atoms with Crippen molar-refractivity contribution in [3.8, 4) is 0 Å². The van der Waals surface area contributed by atoms with Gasteiger partial charge in [0.2, 0.25) is 5.09 Å². The molecule has 1 aromatic heterocycles. The van der Waals surface area contributed by atoms with Crippen molar-refractivity contribution in [2.45, 2.75) is 30.5 Å². The van der Waals surface area contributed by atoms with E-state index in [1.165, 1.54) is 23.2 Å². The van der Waals surface area contributed by atoms with Crippen LogP contribution in [0.2, 0.25) is 0 Å². The number of nitrogens with zero attached hydrogens (tertiary/aromatic N) is 1. The lowest BCUT2D eigenvalue weighted by Gasteiger charge is -2.24. The molecule has 0 atom stereocenters. The molecule has 8 heteroatoms. The number of sulfonamides is 1. The third kappa shape index (κ3) is 3.13. The average Bonchev–Trinajstić information content (AvgIpc) is 3.13. The molecule has 1 N–H and O–H groups in total. The average molecular weight is 318 g/mol. The zero-order chi connectivity index (χ0) is 14.2. The Bertz CT molecular complexity index is 597. The highest BCUT2D eigenvalue weighted by atomic mass is 32.2. The monoisotopic (exact) mass is 318 g/mol. The first-order valence-corrected chi connectivity index (χ1v) is 9.66. The molecular formula is C12H18N2O4S2. The third-order valence-electron chi connectivity index (χ3n) is 3.51. The van der Waals surface area contributed by atoms with E-state index in [1.54, 1.807) is 6.07 Å². The number of nitrogens with one attached hydrogen (secondary N) is 1. The van der Waals surface area contributed by atoms with Crippen LogP contribution in [0.5, 0.6) is 0 Å².